The van der Waals surface area contributed by atoms with Crippen molar-refractivity contribution in [3.63, 3.8) is 0 Å². The lowest BCUT2D eigenvalue weighted by molar-refractivity contribution is 0.157. The van der Waals surface area contributed by atoms with Crippen LogP contribution in [0.4, 0.5) is 5.13 Å². The van der Waals surface area contributed by atoms with Crippen molar-refractivity contribution in [2.24, 2.45) is 10.9 Å². The van der Waals surface area contributed by atoms with Crippen molar-refractivity contribution in [3.05, 3.63) is 11.1 Å². The Morgan fingerprint density at radius 3 is 2.95 bits per heavy atom. The molecule has 6 nitrogen and oxygen atoms in total. The number of thiazole rings is 1. The van der Waals surface area contributed by atoms with E-state index in [0.717, 1.165) is 42.9 Å². The summed E-state index contributed by atoms with van der Waals surface area (Å²) < 4.78 is 5.24. The van der Waals surface area contributed by atoms with E-state index >= 15 is 0 Å². The van der Waals surface area contributed by atoms with Gasteiger partial charge in [-0.3, -0.25) is 4.99 Å². The minimum absolute atomic E-state index is 0. The Balaban J connectivity index is 0.00000242. The van der Waals surface area contributed by atoms with Gasteiger partial charge < -0.3 is 19.9 Å². The number of guanidine groups is 1. The fraction of sp³-hybridized carbons (Fsp3) is 0.714. The molecule has 0 bridgehead atoms. The summed E-state index contributed by atoms with van der Waals surface area (Å²) in [5.74, 6) is 1.56. The van der Waals surface area contributed by atoms with Gasteiger partial charge in [0.25, 0.3) is 0 Å². The first-order valence-electron chi connectivity index (χ1n) is 7.20. The SMILES string of the molecule is CN=C(NCc1csc(N(C)C)n1)N1CCC(COC)C1.I. The third-order valence-corrected chi connectivity index (χ3v) is 4.61. The largest absolute Gasteiger partial charge is 0.384 e. The lowest BCUT2D eigenvalue weighted by Gasteiger charge is -2.21. The molecule has 0 saturated carbocycles. The van der Waals surface area contributed by atoms with Crippen LogP contribution in [-0.4, -0.2) is 63.8 Å². The van der Waals surface area contributed by atoms with Crippen LogP contribution in [0.2, 0.25) is 0 Å². The van der Waals surface area contributed by atoms with Gasteiger partial charge in [-0.2, -0.15) is 0 Å². The third kappa shape index (κ3) is 5.24. The van der Waals surface area contributed by atoms with Crippen LogP contribution in [0.1, 0.15) is 12.1 Å². The van der Waals surface area contributed by atoms with Gasteiger partial charge in [0.05, 0.1) is 18.8 Å². The zero-order chi connectivity index (χ0) is 15.2. The Labute approximate surface area is 154 Å². The summed E-state index contributed by atoms with van der Waals surface area (Å²) >= 11 is 1.66. The van der Waals surface area contributed by atoms with E-state index < -0.39 is 0 Å². The molecule has 1 aromatic rings. The maximum absolute atomic E-state index is 5.24. The van der Waals surface area contributed by atoms with Crippen LogP contribution in [0.15, 0.2) is 10.4 Å². The third-order valence-electron chi connectivity index (χ3n) is 3.55. The van der Waals surface area contributed by atoms with Gasteiger partial charge in [0.1, 0.15) is 0 Å². The van der Waals surface area contributed by atoms with Crippen molar-refractivity contribution >= 4 is 46.4 Å². The zero-order valence-corrected chi connectivity index (χ0v) is 16.9. The maximum atomic E-state index is 5.24. The van der Waals surface area contributed by atoms with E-state index in [9.17, 15) is 0 Å². The molecule has 0 radical (unpaired) electrons. The fourth-order valence-corrected chi connectivity index (χ4v) is 3.24. The van der Waals surface area contributed by atoms with Crippen LogP contribution in [0.5, 0.6) is 0 Å². The quantitative estimate of drug-likeness (QED) is 0.432. The summed E-state index contributed by atoms with van der Waals surface area (Å²) in [6, 6.07) is 0. The van der Waals surface area contributed by atoms with E-state index in [0.29, 0.717) is 12.5 Å². The maximum Gasteiger partial charge on any atom is 0.193 e. The van der Waals surface area contributed by atoms with Crippen LogP contribution >= 0.6 is 35.3 Å². The highest BCUT2D eigenvalue weighted by molar-refractivity contribution is 14.0. The number of ether oxygens (including phenoxy) is 1. The first-order valence-corrected chi connectivity index (χ1v) is 8.08. The molecule has 1 aliphatic rings. The minimum atomic E-state index is 0. The summed E-state index contributed by atoms with van der Waals surface area (Å²) in [6.07, 6.45) is 1.16. The highest BCUT2D eigenvalue weighted by atomic mass is 127. The first-order chi connectivity index (χ1) is 10.1. The Morgan fingerprint density at radius 1 is 1.59 bits per heavy atom. The summed E-state index contributed by atoms with van der Waals surface area (Å²) in [7, 11) is 7.61. The van der Waals surface area contributed by atoms with Crippen molar-refractivity contribution in [1.29, 1.82) is 0 Å². The molecule has 0 aliphatic carbocycles. The normalized spacial score (nSPS) is 18.3. The van der Waals surface area contributed by atoms with Crippen molar-refractivity contribution in [2.75, 3.05) is 52.8 Å². The smallest absolute Gasteiger partial charge is 0.193 e. The van der Waals surface area contributed by atoms with Crippen LogP contribution in [0.25, 0.3) is 0 Å². The Bertz CT molecular complexity index is 480. The predicted molar refractivity (Wildman–Crippen MR) is 104 cm³/mol. The van der Waals surface area contributed by atoms with Gasteiger partial charge in [0.2, 0.25) is 0 Å². The molecule has 0 aromatic carbocycles. The summed E-state index contributed by atoms with van der Waals surface area (Å²) in [4.78, 5) is 13.3. The lowest BCUT2D eigenvalue weighted by Crippen LogP contribution is -2.39. The van der Waals surface area contributed by atoms with Crippen molar-refractivity contribution in [3.8, 4) is 0 Å². The summed E-state index contributed by atoms with van der Waals surface area (Å²) in [5.41, 5.74) is 1.05. The fourth-order valence-electron chi connectivity index (χ4n) is 2.48. The molecule has 1 aromatic heterocycles. The average Bonchev–Trinajstić information content (AvgIpc) is 3.09. The average molecular weight is 439 g/mol. The molecule has 1 N–H and O–H groups in total. The molecule has 1 aliphatic heterocycles. The Morgan fingerprint density at radius 2 is 2.36 bits per heavy atom. The number of rotatable bonds is 5. The zero-order valence-electron chi connectivity index (χ0n) is 13.7. The molecular formula is C14H26IN5OS. The molecule has 126 valence electrons. The topological polar surface area (TPSA) is 53.0 Å². The van der Waals surface area contributed by atoms with Crippen molar-refractivity contribution in [2.45, 2.75) is 13.0 Å². The van der Waals surface area contributed by atoms with Crippen molar-refractivity contribution < 1.29 is 4.74 Å². The molecule has 8 heteroatoms. The number of likely N-dealkylation sites (tertiary alicyclic amines) is 1. The monoisotopic (exact) mass is 439 g/mol. The first kappa shape index (κ1) is 19.4. The molecule has 1 unspecified atom stereocenters. The standard InChI is InChI=1S/C14H25N5OS.HI/c1-15-13(19-6-5-11(8-19)9-20-4)16-7-12-10-21-14(17-12)18(2)3;/h10-11H,5-9H2,1-4H3,(H,15,16);1H. The van der Waals surface area contributed by atoms with E-state index in [1.807, 2.05) is 26.0 Å². The second-order valence-corrected chi connectivity index (χ2v) is 6.31. The lowest BCUT2D eigenvalue weighted by atomic mass is 10.1. The van der Waals surface area contributed by atoms with E-state index in [1.54, 1.807) is 18.4 Å². The van der Waals surface area contributed by atoms with Gasteiger partial charge in [0.15, 0.2) is 11.1 Å². The molecule has 1 fully saturated rings. The molecular weight excluding hydrogens is 413 g/mol. The number of nitrogens with one attached hydrogen (secondary N) is 1. The van der Waals surface area contributed by atoms with E-state index in [-0.39, 0.29) is 24.0 Å². The molecule has 1 atom stereocenters. The second kappa shape index (κ2) is 9.51. The number of hydrogen-bond acceptors (Lipinski definition) is 5. The van der Waals surface area contributed by atoms with Gasteiger partial charge in [-0.15, -0.1) is 35.3 Å². The molecule has 0 spiro atoms. The van der Waals surface area contributed by atoms with Crippen LogP contribution in [0, 0.1) is 5.92 Å². The van der Waals surface area contributed by atoms with Gasteiger partial charge >= 0.3 is 0 Å². The van der Waals surface area contributed by atoms with E-state index in [2.05, 4.69) is 25.6 Å². The number of nitrogens with zero attached hydrogens (tertiary/aromatic N) is 4. The van der Waals surface area contributed by atoms with Gasteiger partial charge in [-0.25, -0.2) is 4.98 Å². The molecule has 2 heterocycles. The number of anilines is 1. The van der Waals surface area contributed by atoms with Gasteiger partial charge in [-0.1, -0.05) is 0 Å². The highest BCUT2D eigenvalue weighted by Crippen LogP contribution is 2.19. The van der Waals surface area contributed by atoms with E-state index in [1.165, 1.54) is 0 Å². The van der Waals surface area contributed by atoms with E-state index in [4.69, 9.17) is 4.74 Å². The highest BCUT2D eigenvalue weighted by Gasteiger charge is 2.24. The second-order valence-electron chi connectivity index (χ2n) is 5.47. The number of halogens is 1. The van der Waals surface area contributed by atoms with Gasteiger partial charge in [-0.05, 0) is 6.42 Å². The summed E-state index contributed by atoms with van der Waals surface area (Å²) in [6.45, 7) is 3.58. The van der Waals surface area contributed by atoms with Crippen LogP contribution in [-0.2, 0) is 11.3 Å². The summed E-state index contributed by atoms with van der Waals surface area (Å²) in [5, 5.41) is 6.52. The number of aromatic nitrogens is 1. The Kier molecular flexibility index (Phi) is 8.40. The molecule has 2 rings (SSSR count). The predicted octanol–water partition coefficient (Wildman–Crippen LogP) is 1.87. The van der Waals surface area contributed by atoms with Crippen LogP contribution in [0.3, 0.4) is 0 Å². The molecule has 22 heavy (non-hydrogen) atoms. The minimum Gasteiger partial charge on any atom is -0.384 e. The molecule has 1 saturated heterocycles. The Hall–Kier alpha value is -0.610. The number of aliphatic imine (C=N–C) groups is 1. The van der Waals surface area contributed by atoms with Gasteiger partial charge in [0, 0.05) is 52.6 Å². The van der Waals surface area contributed by atoms with Crippen LogP contribution < -0.4 is 10.2 Å². The number of hydrogen-bond donors (Lipinski definition) is 1. The van der Waals surface area contributed by atoms with Crippen molar-refractivity contribution in [1.82, 2.24) is 15.2 Å². The molecule has 0 amide bonds. The number of methoxy groups -OCH3 is 1.